The fraction of sp³-hybridized carbons (Fsp3) is 0.259. The first-order valence-corrected chi connectivity index (χ1v) is 13.0. The number of aryl methyl sites for hydroxylation is 1. The van der Waals surface area contributed by atoms with Gasteiger partial charge in [-0.3, -0.25) is 9.10 Å². The van der Waals surface area contributed by atoms with Crippen LogP contribution in [0.15, 0.2) is 83.8 Å². The number of esters is 1. The van der Waals surface area contributed by atoms with E-state index < -0.39 is 28.5 Å². The molecule has 0 aromatic heterocycles. The molecule has 1 aliphatic rings. The highest BCUT2D eigenvalue weighted by Crippen LogP contribution is 2.32. The predicted octanol–water partition coefficient (Wildman–Crippen LogP) is 3.73. The number of carbonyl (C=O) groups excluding carboxylic acids is 2. The molecule has 1 atom stereocenters. The van der Waals surface area contributed by atoms with Crippen LogP contribution in [0.5, 0.6) is 0 Å². The molecule has 0 aliphatic carbocycles. The Labute approximate surface area is 205 Å². The number of carbonyl (C=O) groups is 2. The molecule has 0 radical (unpaired) electrons. The number of hydrogen-bond acceptors (Lipinski definition) is 5. The first-order valence-electron chi connectivity index (χ1n) is 11.6. The lowest BCUT2D eigenvalue weighted by molar-refractivity contribution is -0.124. The standard InChI is InChI=1S/C27H28N2O5S/c1-20(14-15-21-8-3-2-4-9-21)28-26(30)19-34-27(31)23-11-7-12-24(18-23)35(32,33)29-17-16-22-10-5-6-13-25(22)29/h2-13,18,20H,14-17,19H2,1H3,(H,28,30)/t20-/m1/s1. The van der Waals surface area contributed by atoms with E-state index in [1.54, 1.807) is 12.1 Å². The number of anilines is 1. The molecule has 3 aromatic carbocycles. The molecule has 1 amide bonds. The highest BCUT2D eigenvalue weighted by Gasteiger charge is 2.31. The summed E-state index contributed by atoms with van der Waals surface area (Å²) in [6, 6.07) is 23.0. The van der Waals surface area contributed by atoms with Gasteiger partial charge < -0.3 is 10.1 Å². The van der Waals surface area contributed by atoms with Crippen LogP contribution in [0.25, 0.3) is 0 Å². The number of rotatable bonds is 9. The average molecular weight is 493 g/mol. The fourth-order valence-corrected chi connectivity index (χ4v) is 5.65. The summed E-state index contributed by atoms with van der Waals surface area (Å²) in [5, 5.41) is 2.82. The Morgan fingerprint density at radius 3 is 2.54 bits per heavy atom. The molecule has 0 fully saturated rings. The lowest BCUT2D eigenvalue weighted by Crippen LogP contribution is -2.36. The fourth-order valence-electron chi connectivity index (χ4n) is 4.10. The Hall–Kier alpha value is -3.65. The molecule has 4 rings (SSSR count). The summed E-state index contributed by atoms with van der Waals surface area (Å²) >= 11 is 0. The molecule has 1 heterocycles. The first kappa shape index (κ1) is 24.5. The highest BCUT2D eigenvalue weighted by atomic mass is 32.2. The zero-order valence-corrected chi connectivity index (χ0v) is 20.3. The molecule has 0 bridgehead atoms. The number of hydrogen-bond donors (Lipinski definition) is 1. The van der Waals surface area contributed by atoms with E-state index in [2.05, 4.69) is 5.32 Å². The van der Waals surface area contributed by atoms with Gasteiger partial charge in [0.2, 0.25) is 0 Å². The molecule has 1 aliphatic heterocycles. The molecule has 0 spiro atoms. The molecule has 0 unspecified atom stereocenters. The smallest absolute Gasteiger partial charge is 0.338 e. The number of amides is 1. The van der Waals surface area contributed by atoms with Crippen molar-refractivity contribution in [3.63, 3.8) is 0 Å². The Kier molecular flexibility index (Phi) is 7.51. The van der Waals surface area contributed by atoms with Crippen molar-refractivity contribution in [2.75, 3.05) is 17.5 Å². The first-order chi connectivity index (χ1) is 16.8. The van der Waals surface area contributed by atoms with E-state index in [-0.39, 0.29) is 16.5 Å². The summed E-state index contributed by atoms with van der Waals surface area (Å²) in [5.74, 6) is -1.16. The van der Waals surface area contributed by atoms with E-state index in [1.165, 1.54) is 34.1 Å². The summed E-state index contributed by atoms with van der Waals surface area (Å²) in [7, 11) is -3.84. The molecule has 7 nitrogen and oxygen atoms in total. The topological polar surface area (TPSA) is 92.8 Å². The second-order valence-electron chi connectivity index (χ2n) is 8.55. The Bertz CT molecular complexity index is 1310. The summed E-state index contributed by atoms with van der Waals surface area (Å²) in [5.41, 5.74) is 2.88. The van der Waals surface area contributed by atoms with E-state index >= 15 is 0 Å². The minimum absolute atomic E-state index is 0.00244. The van der Waals surface area contributed by atoms with Crippen molar-refractivity contribution in [1.82, 2.24) is 5.32 Å². The lowest BCUT2D eigenvalue weighted by atomic mass is 10.1. The van der Waals surface area contributed by atoms with Crippen LogP contribution in [0.1, 0.15) is 34.8 Å². The number of nitrogens with one attached hydrogen (secondary N) is 1. The van der Waals surface area contributed by atoms with E-state index in [1.807, 2.05) is 49.4 Å². The number of ether oxygens (including phenoxy) is 1. The van der Waals surface area contributed by atoms with Crippen LogP contribution >= 0.6 is 0 Å². The van der Waals surface area contributed by atoms with Crippen LogP contribution in [0, 0.1) is 0 Å². The van der Waals surface area contributed by atoms with Gasteiger partial charge in [0.15, 0.2) is 6.61 Å². The van der Waals surface area contributed by atoms with Crippen molar-refractivity contribution >= 4 is 27.6 Å². The highest BCUT2D eigenvalue weighted by molar-refractivity contribution is 7.92. The van der Waals surface area contributed by atoms with Crippen molar-refractivity contribution in [2.45, 2.75) is 37.1 Å². The van der Waals surface area contributed by atoms with Crippen molar-refractivity contribution in [3.8, 4) is 0 Å². The maximum absolute atomic E-state index is 13.2. The molecule has 0 saturated carbocycles. The van der Waals surface area contributed by atoms with Crippen molar-refractivity contribution in [3.05, 3.63) is 95.6 Å². The summed E-state index contributed by atoms with van der Waals surface area (Å²) in [4.78, 5) is 24.8. The molecule has 8 heteroatoms. The number of sulfonamides is 1. The number of para-hydroxylation sites is 1. The van der Waals surface area contributed by atoms with Gasteiger partial charge in [-0.25, -0.2) is 13.2 Å². The SMILES string of the molecule is C[C@H](CCc1ccccc1)NC(=O)COC(=O)c1cccc(S(=O)(=O)N2CCc3ccccc32)c1. The maximum atomic E-state index is 13.2. The largest absolute Gasteiger partial charge is 0.452 e. The van der Waals surface area contributed by atoms with Crippen molar-refractivity contribution in [1.29, 1.82) is 0 Å². The van der Waals surface area contributed by atoms with Crippen molar-refractivity contribution in [2.24, 2.45) is 0 Å². The van der Waals surface area contributed by atoms with Crippen LogP contribution in [0.3, 0.4) is 0 Å². The quantitative estimate of drug-likeness (QED) is 0.460. The van der Waals surface area contributed by atoms with Crippen LogP contribution in [0.4, 0.5) is 5.69 Å². The Balaban J connectivity index is 1.33. The van der Waals surface area contributed by atoms with Gasteiger partial charge in [0.05, 0.1) is 16.1 Å². The zero-order valence-electron chi connectivity index (χ0n) is 19.5. The normalized spacial score (nSPS) is 13.7. The second kappa shape index (κ2) is 10.7. The van der Waals surface area contributed by atoms with Gasteiger partial charge in [-0.2, -0.15) is 0 Å². The minimum atomic E-state index is -3.84. The Morgan fingerprint density at radius 1 is 1.00 bits per heavy atom. The van der Waals surface area contributed by atoms with Gasteiger partial charge in [-0.1, -0.05) is 54.6 Å². The third kappa shape index (κ3) is 5.89. The third-order valence-corrected chi connectivity index (χ3v) is 7.76. The van der Waals surface area contributed by atoms with Crippen LogP contribution in [-0.4, -0.2) is 39.5 Å². The summed E-state index contributed by atoms with van der Waals surface area (Å²) in [6.45, 7) is 1.80. The predicted molar refractivity (Wildman–Crippen MR) is 134 cm³/mol. The van der Waals surface area contributed by atoms with Gasteiger partial charge in [-0.15, -0.1) is 0 Å². The monoisotopic (exact) mass is 492 g/mol. The van der Waals surface area contributed by atoms with E-state index in [0.717, 1.165) is 18.4 Å². The summed E-state index contributed by atoms with van der Waals surface area (Å²) < 4.78 is 33.0. The van der Waals surface area contributed by atoms with E-state index in [0.29, 0.717) is 18.7 Å². The lowest BCUT2D eigenvalue weighted by Gasteiger charge is -2.20. The maximum Gasteiger partial charge on any atom is 0.338 e. The average Bonchev–Trinajstić information content (AvgIpc) is 3.32. The second-order valence-corrected chi connectivity index (χ2v) is 10.4. The number of benzene rings is 3. The van der Waals surface area contributed by atoms with Gasteiger partial charge in [0, 0.05) is 12.6 Å². The summed E-state index contributed by atoms with van der Waals surface area (Å²) in [6.07, 6.45) is 2.21. The molecular formula is C27H28N2O5S. The molecule has 1 N–H and O–H groups in total. The minimum Gasteiger partial charge on any atom is -0.452 e. The number of fused-ring (bicyclic) bond motifs is 1. The van der Waals surface area contributed by atoms with E-state index in [4.69, 9.17) is 4.74 Å². The molecular weight excluding hydrogens is 464 g/mol. The van der Waals surface area contributed by atoms with Crippen LogP contribution in [-0.2, 0) is 32.4 Å². The van der Waals surface area contributed by atoms with Crippen LogP contribution < -0.4 is 9.62 Å². The number of nitrogens with zero attached hydrogens (tertiary/aromatic N) is 1. The molecule has 35 heavy (non-hydrogen) atoms. The van der Waals surface area contributed by atoms with Gasteiger partial charge in [0.25, 0.3) is 15.9 Å². The van der Waals surface area contributed by atoms with E-state index in [9.17, 15) is 18.0 Å². The zero-order chi connectivity index (χ0) is 24.8. The molecule has 3 aromatic rings. The van der Waals surface area contributed by atoms with Gasteiger partial charge in [0.1, 0.15) is 0 Å². The third-order valence-electron chi connectivity index (χ3n) is 5.95. The van der Waals surface area contributed by atoms with Crippen LogP contribution in [0.2, 0.25) is 0 Å². The van der Waals surface area contributed by atoms with Gasteiger partial charge in [-0.05, 0) is 61.6 Å². The Morgan fingerprint density at radius 2 is 1.74 bits per heavy atom. The van der Waals surface area contributed by atoms with Crippen molar-refractivity contribution < 1.29 is 22.7 Å². The van der Waals surface area contributed by atoms with Gasteiger partial charge >= 0.3 is 5.97 Å². The molecule has 182 valence electrons. The molecule has 0 saturated heterocycles.